The lowest BCUT2D eigenvalue weighted by atomic mass is 10.1. The van der Waals surface area contributed by atoms with Crippen molar-refractivity contribution in [1.29, 1.82) is 0 Å². The second-order valence-electron chi connectivity index (χ2n) is 4.20. The average Bonchev–Trinajstić information content (AvgIpc) is 2.33. The molecule has 1 heterocycles. The molecule has 0 radical (unpaired) electrons. The third-order valence-corrected chi connectivity index (χ3v) is 3.78. The summed E-state index contributed by atoms with van der Waals surface area (Å²) in [5, 5.41) is 3.17. The van der Waals surface area contributed by atoms with Gasteiger partial charge in [-0.3, -0.25) is 4.79 Å². The van der Waals surface area contributed by atoms with E-state index in [0.29, 0.717) is 16.4 Å². The number of rotatable bonds is 2. The Bertz CT molecular complexity index is 643. The predicted molar refractivity (Wildman–Crippen MR) is 80.8 cm³/mol. The van der Waals surface area contributed by atoms with Crippen molar-refractivity contribution < 1.29 is 4.79 Å². The highest BCUT2D eigenvalue weighted by Gasteiger charge is 2.11. The van der Waals surface area contributed by atoms with Crippen LogP contribution in [-0.4, -0.2) is 10.9 Å². The van der Waals surface area contributed by atoms with Gasteiger partial charge in [0.1, 0.15) is 5.82 Å². The molecule has 0 saturated carbocycles. The minimum Gasteiger partial charge on any atom is -0.307 e. The number of amides is 1. The van der Waals surface area contributed by atoms with Crippen molar-refractivity contribution >= 4 is 39.3 Å². The predicted octanol–water partition coefficient (Wildman–Crippen LogP) is 4.37. The summed E-state index contributed by atoms with van der Waals surface area (Å²) in [4.78, 5) is 16.4. The molecule has 0 unspecified atom stereocenters. The van der Waals surface area contributed by atoms with E-state index in [1.807, 2.05) is 26.0 Å². The van der Waals surface area contributed by atoms with E-state index in [4.69, 9.17) is 11.6 Å². The van der Waals surface area contributed by atoms with E-state index in [9.17, 15) is 4.79 Å². The van der Waals surface area contributed by atoms with E-state index in [-0.39, 0.29) is 5.91 Å². The zero-order valence-electron chi connectivity index (χ0n) is 10.5. The van der Waals surface area contributed by atoms with Crippen molar-refractivity contribution in [2.24, 2.45) is 0 Å². The summed E-state index contributed by atoms with van der Waals surface area (Å²) >= 11 is 9.42. The fourth-order valence-electron chi connectivity index (χ4n) is 1.60. The molecule has 0 aliphatic carbocycles. The third kappa shape index (κ3) is 3.33. The SMILES string of the molecule is Cc1ccc(C(=O)Nc2ccc(Br)c(C)n2)c(Cl)c1. The molecule has 0 bridgehead atoms. The zero-order chi connectivity index (χ0) is 14.0. The first-order valence-corrected chi connectivity index (χ1v) is 6.85. The molecule has 5 heteroatoms. The fourth-order valence-corrected chi connectivity index (χ4v) is 2.14. The van der Waals surface area contributed by atoms with Crippen molar-refractivity contribution in [3.63, 3.8) is 0 Å². The van der Waals surface area contributed by atoms with Crippen molar-refractivity contribution in [1.82, 2.24) is 4.98 Å². The van der Waals surface area contributed by atoms with Crippen LogP contribution in [0.25, 0.3) is 0 Å². The molecule has 1 aromatic carbocycles. The summed E-state index contributed by atoms with van der Waals surface area (Å²) in [6.45, 7) is 3.78. The lowest BCUT2D eigenvalue weighted by Crippen LogP contribution is -2.13. The Morgan fingerprint density at radius 3 is 2.63 bits per heavy atom. The first-order valence-electron chi connectivity index (χ1n) is 5.68. The van der Waals surface area contributed by atoms with Gasteiger partial charge in [0.2, 0.25) is 0 Å². The highest BCUT2D eigenvalue weighted by Crippen LogP contribution is 2.20. The maximum Gasteiger partial charge on any atom is 0.258 e. The van der Waals surface area contributed by atoms with Crippen molar-refractivity contribution in [3.8, 4) is 0 Å². The number of hydrogen-bond acceptors (Lipinski definition) is 2. The van der Waals surface area contributed by atoms with E-state index >= 15 is 0 Å². The molecule has 2 aromatic rings. The van der Waals surface area contributed by atoms with Crippen LogP contribution in [0.15, 0.2) is 34.8 Å². The molecular weight excluding hydrogens is 328 g/mol. The number of benzene rings is 1. The summed E-state index contributed by atoms with van der Waals surface area (Å²) in [6.07, 6.45) is 0. The van der Waals surface area contributed by atoms with Gasteiger partial charge in [-0.05, 0) is 59.6 Å². The van der Waals surface area contributed by atoms with Crippen LogP contribution in [0.3, 0.4) is 0 Å². The van der Waals surface area contributed by atoms with E-state index < -0.39 is 0 Å². The molecule has 0 atom stereocenters. The van der Waals surface area contributed by atoms with E-state index in [0.717, 1.165) is 15.7 Å². The van der Waals surface area contributed by atoms with Crippen LogP contribution in [0, 0.1) is 13.8 Å². The highest BCUT2D eigenvalue weighted by atomic mass is 79.9. The molecule has 19 heavy (non-hydrogen) atoms. The largest absolute Gasteiger partial charge is 0.307 e. The molecule has 1 N–H and O–H groups in total. The van der Waals surface area contributed by atoms with Crippen LogP contribution in [0.5, 0.6) is 0 Å². The van der Waals surface area contributed by atoms with Crippen molar-refractivity contribution in [2.45, 2.75) is 13.8 Å². The number of anilines is 1. The number of nitrogens with one attached hydrogen (secondary N) is 1. The minimum absolute atomic E-state index is 0.265. The fraction of sp³-hybridized carbons (Fsp3) is 0.143. The van der Waals surface area contributed by atoms with Crippen LogP contribution in [-0.2, 0) is 0 Å². The minimum atomic E-state index is -0.265. The molecule has 0 fully saturated rings. The Kier molecular flexibility index (Phi) is 4.22. The highest BCUT2D eigenvalue weighted by molar-refractivity contribution is 9.10. The van der Waals surface area contributed by atoms with Gasteiger partial charge in [0, 0.05) is 4.47 Å². The molecular formula is C14H12BrClN2O. The molecule has 0 aliphatic rings. The Hall–Kier alpha value is -1.39. The van der Waals surface area contributed by atoms with Gasteiger partial charge < -0.3 is 5.32 Å². The third-order valence-electron chi connectivity index (χ3n) is 2.63. The summed E-state index contributed by atoms with van der Waals surface area (Å²) in [5.41, 5.74) is 2.27. The van der Waals surface area contributed by atoms with Gasteiger partial charge in [0.25, 0.3) is 5.91 Å². The van der Waals surface area contributed by atoms with Gasteiger partial charge in [0.15, 0.2) is 0 Å². The maximum atomic E-state index is 12.1. The van der Waals surface area contributed by atoms with E-state index in [2.05, 4.69) is 26.2 Å². The standard InChI is InChI=1S/C14H12BrClN2O/c1-8-3-4-10(12(16)7-8)14(19)18-13-6-5-11(15)9(2)17-13/h3-7H,1-2H3,(H,17,18,19). The number of hydrogen-bond donors (Lipinski definition) is 1. The number of halogens is 2. The quantitative estimate of drug-likeness (QED) is 0.883. The molecule has 0 aliphatic heterocycles. The second kappa shape index (κ2) is 5.72. The van der Waals surface area contributed by atoms with Gasteiger partial charge in [-0.15, -0.1) is 0 Å². The van der Waals surface area contributed by atoms with Gasteiger partial charge in [0.05, 0.1) is 16.3 Å². The average molecular weight is 340 g/mol. The number of aryl methyl sites for hydroxylation is 2. The maximum absolute atomic E-state index is 12.1. The summed E-state index contributed by atoms with van der Waals surface area (Å²) < 4.78 is 0.902. The molecule has 0 spiro atoms. The lowest BCUT2D eigenvalue weighted by Gasteiger charge is -2.08. The van der Waals surface area contributed by atoms with Gasteiger partial charge in [-0.1, -0.05) is 17.7 Å². The first-order chi connectivity index (χ1) is 8.97. The normalized spacial score (nSPS) is 10.3. The van der Waals surface area contributed by atoms with Crippen LogP contribution < -0.4 is 5.32 Å². The van der Waals surface area contributed by atoms with E-state index in [1.165, 1.54) is 0 Å². The smallest absolute Gasteiger partial charge is 0.258 e. The van der Waals surface area contributed by atoms with Crippen molar-refractivity contribution in [2.75, 3.05) is 5.32 Å². The van der Waals surface area contributed by atoms with E-state index in [1.54, 1.807) is 18.2 Å². The molecule has 3 nitrogen and oxygen atoms in total. The Balaban J connectivity index is 2.23. The molecule has 1 aromatic heterocycles. The summed E-state index contributed by atoms with van der Waals surface area (Å²) in [5.74, 6) is 0.238. The Morgan fingerprint density at radius 1 is 1.26 bits per heavy atom. The first kappa shape index (κ1) is 14.0. The zero-order valence-corrected chi connectivity index (χ0v) is 12.8. The topological polar surface area (TPSA) is 42.0 Å². The van der Waals surface area contributed by atoms with Crippen LogP contribution in [0.2, 0.25) is 5.02 Å². The molecule has 1 amide bonds. The van der Waals surface area contributed by atoms with Crippen LogP contribution >= 0.6 is 27.5 Å². The van der Waals surface area contributed by atoms with Crippen LogP contribution in [0.1, 0.15) is 21.6 Å². The number of carbonyl (C=O) groups excluding carboxylic acids is 1. The van der Waals surface area contributed by atoms with Gasteiger partial charge >= 0.3 is 0 Å². The number of carbonyl (C=O) groups is 1. The molecule has 98 valence electrons. The summed E-state index contributed by atoms with van der Waals surface area (Å²) in [7, 11) is 0. The Morgan fingerprint density at radius 2 is 2.00 bits per heavy atom. The van der Waals surface area contributed by atoms with Crippen LogP contribution in [0.4, 0.5) is 5.82 Å². The molecule has 0 saturated heterocycles. The lowest BCUT2D eigenvalue weighted by molar-refractivity contribution is 0.102. The summed E-state index contributed by atoms with van der Waals surface area (Å²) in [6, 6.07) is 8.89. The van der Waals surface area contributed by atoms with Gasteiger partial charge in [-0.25, -0.2) is 4.98 Å². The number of nitrogens with zero attached hydrogens (tertiary/aromatic N) is 1. The number of pyridine rings is 1. The second-order valence-corrected chi connectivity index (χ2v) is 5.46. The monoisotopic (exact) mass is 338 g/mol. The van der Waals surface area contributed by atoms with Crippen molar-refractivity contribution in [3.05, 3.63) is 56.6 Å². The van der Waals surface area contributed by atoms with Gasteiger partial charge in [-0.2, -0.15) is 0 Å². The Labute approximate surface area is 125 Å². The number of aromatic nitrogens is 1. The molecule has 2 rings (SSSR count).